The average Bonchev–Trinajstić information content (AvgIpc) is 3.15. The fraction of sp³-hybridized carbons (Fsp3) is 0.158. The molecule has 0 saturated heterocycles. The Labute approximate surface area is 149 Å². The molecular weight excluding hydrogens is 336 g/mol. The lowest BCUT2D eigenvalue weighted by Crippen LogP contribution is -2.18. The van der Waals surface area contributed by atoms with Crippen molar-refractivity contribution in [2.24, 2.45) is 7.05 Å². The molecule has 0 aliphatic carbocycles. The molecule has 5 nitrogen and oxygen atoms in total. The number of H-pyrrole nitrogens is 1. The number of hydrogen-bond acceptors (Lipinski definition) is 2. The first-order valence-corrected chi connectivity index (χ1v) is 8.37. The van der Waals surface area contributed by atoms with Gasteiger partial charge in [0.25, 0.3) is 0 Å². The fourth-order valence-corrected chi connectivity index (χ4v) is 3.29. The van der Waals surface area contributed by atoms with Gasteiger partial charge in [0, 0.05) is 42.3 Å². The summed E-state index contributed by atoms with van der Waals surface area (Å²) < 4.78 is 2.04. The van der Waals surface area contributed by atoms with E-state index in [1.807, 2.05) is 48.1 Å². The standard InChI is InChI=1S/C19H17ClN4O/c1-11(25)21-10-13-7-12-8-15(20)14(9-18(12)22-13)16-3-4-19-17(23-16)5-6-24(19)2/h3-9,22H,10H2,1-2H3,(H,21,25). The van der Waals surface area contributed by atoms with Gasteiger partial charge < -0.3 is 14.9 Å². The van der Waals surface area contributed by atoms with Crippen molar-refractivity contribution in [3.05, 3.63) is 53.3 Å². The number of nitrogens with one attached hydrogen (secondary N) is 2. The molecule has 0 spiro atoms. The van der Waals surface area contributed by atoms with Crippen molar-refractivity contribution in [2.75, 3.05) is 0 Å². The summed E-state index contributed by atoms with van der Waals surface area (Å²) in [6.07, 6.45) is 1.99. The van der Waals surface area contributed by atoms with Crippen LogP contribution in [0.4, 0.5) is 0 Å². The molecule has 3 heterocycles. The number of fused-ring (bicyclic) bond motifs is 2. The van der Waals surface area contributed by atoms with Crippen LogP contribution in [0.3, 0.4) is 0 Å². The minimum Gasteiger partial charge on any atom is -0.357 e. The Kier molecular flexibility index (Phi) is 3.73. The molecule has 1 aromatic carbocycles. The van der Waals surface area contributed by atoms with Gasteiger partial charge in [0.1, 0.15) is 0 Å². The van der Waals surface area contributed by atoms with E-state index in [2.05, 4.69) is 16.4 Å². The summed E-state index contributed by atoms with van der Waals surface area (Å²) in [7, 11) is 2.00. The van der Waals surface area contributed by atoms with E-state index in [4.69, 9.17) is 16.6 Å². The predicted molar refractivity (Wildman–Crippen MR) is 101 cm³/mol. The van der Waals surface area contributed by atoms with Crippen LogP contribution in [0, 0.1) is 0 Å². The summed E-state index contributed by atoms with van der Waals surface area (Å²) in [4.78, 5) is 19.1. The van der Waals surface area contributed by atoms with E-state index in [-0.39, 0.29) is 5.91 Å². The van der Waals surface area contributed by atoms with Gasteiger partial charge >= 0.3 is 0 Å². The van der Waals surface area contributed by atoms with Crippen LogP contribution < -0.4 is 5.32 Å². The predicted octanol–water partition coefficient (Wildman–Crippen LogP) is 4.01. The van der Waals surface area contributed by atoms with Gasteiger partial charge in [0.05, 0.1) is 28.3 Å². The SMILES string of the molecule is CC(=O)NCc1cc2cc(Cl)c(-c3ccc4c(ccn4C)n3)cc2[nH]1. The van der Waals surface area contributed by atoms with Crippen molar-refractivity contribution >= 4 is 39.4 Å². The van der Waals surface area contributed by atoms with Crippen molar-refractivity contribution in [1.29, 1.82) is 0 Å². The zero-order valence-corrected chi connectivity index (χ0v) is 14.7. The lowest BCUT2D eigenvalue weighted by atomic mass is 10.1. The van der Waals surface area contributed by atoms with Crippen molar-refractivity contribution in [1.82, 2.24) is 19.9 Å². The molecule has 1 amide bonds. The van der Waals surface area contributed by atoms with E-state index in [1.165, 1.54) is 6.92 Å². The van der Waals surface area contributed by atoms with Gasteiger partial charge in [0.2, 0.25) is 5.91 Å². The molecule has 0 bridgehead atoms. The molecule has 25 heavy (non-hydrogen) atoms. The van der Waals surface area contributed by atoms with Crippen LogP contribution in [0.15, 0.2) is 42.6 Å². The third kappa shape index (κ3) is 2.87. The maximum Gasteiger partial charge on any atom is 0.217 e. The highest BCUT2D eigenvalue weighted by atomic mass is 35.5. The number of aromatic nitrogens is 3. The summed E-state index contributed by atoms with van der Waals surface area (Å²) >= 11 is 6.50. The summed E-state index contributed by atoms with van der Waals surface area (Å²) in [6.45, 7) is 1.97. The molecule has 0 aliphatic heterocycles. The maximum atomic E-state index is 11.1. The number of hydrogen-bond donors (Lipinski definition) is 2. The van der Waals surface area contributed by atoms with Crippen LogP contribution in [0.5, 0.6) is 0 Å². The second-order valence-electron chi connectivity index (χ2n) is 6.15. The van der Waals surface area contributed by atoms with Crippen LogP contribution in [-0.4, -0.2) is 20.4 Å². The summed E-state index contributed by atoms with van der Waals surface area (Å²) in [5, 5.41) is 4.45. The first kappa shape index (κ1) is 15.7. The van der Waals surface area contributed by atoms with Crippen LogP contribution in [0.2, 0.25) is 5.02 Å². The average molecular weight is 353 g/mol. The number of carbonyl (C=O) groups is 1. The lowest BCUT2D eigenvalue weighted by Gasteiger charge is -2.05. The Hall–Kier alpha value is -2.79. The Morgan fingerprint density at radius 3 is 2.92 bits per heavy atom. The smallest absolute Gasteiger partial charge is 0.217 e. The Balaban J connectivity index is 1.77. The zero-order chi connectivity index (χ0) is 17.6. The second kappa shape index (κ2) is 5.93. The van der Waals surface area contributed by atoms with E-state index in [0.29, 0.717) is 11.6 Å². The molecular formula is C19H17ClN4O. The number of halogens is 1. The monoisotopic (exact) mass is 352 g/mol. The quantitative estimate of drug-likeness (QED) is 0.585. The number of carbonyl (C=O) groups excluding carboxylic acids is 1. The Morgan fingerprint density at radius 1 is 1.28 bits per heavy atom. The van der Waals surface area contributed by atoms with Crippen molar-refractivity contribution in [3.63, 3.8) is 0 Å². The van der Waals surface area contributed by atoms with Crippen LogP contribution >= 0.6 is 11.6 Å². The topological polar surface area (TPSA) is 62.7 Å². The molecule has 0 radical (unpaired) electrons. The van der Waals surface area contributed by atoms with Crippen LogP contribution in [-0.2, 0) is 18.4 Å². The molecule has 0 saturated carbocycles. The number of aromatic amines is 1. The Morgan fingerprint density at radius 2 is 2.12 bits per heavy atom. The highest BCUT2D eigenvalue weighted by molar-refractivity contribution is 6.34. The normalized spacial score (nSPS) is 11.3. The largest absolute Gasteiger partial charge is 0.357 e. The summed E-state index contributed by atoms with van der Waals surface area (Å²) in [5.41, 5.74) is 5.64. The fourth-order valence-electron chi connectivity index (χ4n) is 3.03. The highest BCUT2D eigenvalue weighted by Crippen LogP contribution is 2.32. The molecule has 0 fully saturated rings. The molecule has 0 unspecified atom stereocenters. The van der Waals surface area contributed by atoms with E-state index in [1.54, 1.807) is 0 Å². The van der Waals surface area contributed by atoms with E-state index < -0.39 is 0 Å². The lowest BCUT2D eigenvalue weighted by molar-refractivity contribution is -0.119. The van der Waals surface area contributed by atoms with Crippen molar-refractivity contribution < 1.29 is 4.79 Å². The second-order valence-corrected chi connectivity index (χ2v) is 6.56. The number of nitrogens with zero attached hydrogens (tertiary/aromatic N) is 2. The molecule has 6 heteroatoms. The maximum absolute atomic E-state index is 11.1. The van der Waals surface area contributed by atoms with Gasteiger partial charge in [-0.1, -0.05) is 11.6 Å². The third-order valence-electron chi connectivity index (χ3n) is 4.31. The highest BCUT2D eigenvalue weighted by Gasteiger charge is 2.11. The number of aryl methyl sites for hydroxylation is 1. The van der Waals surface area contributed by atoms with Crippen LogP contribution in [0.25, 0.3) is 33.2 Å². The van der Waals surface area contributed by atoms with Gasteiger partial charge in [0.15, 0.2) is 0 Å². The van der Waals surface area contributed by atoms with Gasteiger partial charge in [-0.05, 0) is 36.4 Å². The summed E-state index contributed by atoms with van der Waals surface area (Å²) in [5.74, 6) is -0.0576. The molecule has 4 rings (SSSR count). The van der Waals surface area contributed by atoms with Crippen molar-refractivity contribution in [3.8, 4) is 11.3 Å². The van der Waals surface area contributed by atoms with Gasteiger partial charge in [-0.3, -0.25) is 4.79 Å². The molecule has 0 aliphatic rings. The number of amides is 1. The minimum absolute atomic E-state index is 0.0576. The molecule has 3 aromatic heterocycles. The number of pyridine rings is 1. The summed E-state index contributed by atoms with van der Waals surface area (Å²) in [6, 6.07) is 12.0. The van der Waals surface area contributed by atoms with E-state index >= 15 is 0 Å². The molecule has 2 N–H and O–H groups in total. The van der Waals surface area contributed by atoms with E-state index in [9.17, 15) is 4.79 Å². The molecule has 0 atom stereocenters. The number of benzene rings is 1. The Bertz CT molecular complexity index is 1110. The minimum atomic E-state index is -0.0576. The first-order valence-electron chi connectivity index (χ1n) is 7.99. The third-order valence-corrected chi connectivity index (χ3v) is 4.62. The van der Waals surface area contributed by atoms with Crippen LogP contribution in [0.1, 0.15) is 12.6 Å². The van der Waals surface area contributed by atoms with Crippen molar-refractivity contribution in [2.45, 2.75) is 13.5 Å². The molecule has 4 aromatic rings. The van der Waals surface area contributed by atoms with Gasteiger partial charge in [-0.2, -0.15) is 0 Å². The van der Waals surface area contributed by atoms with Gasteiger partial charge in [-0.15, -0.1) is 0 Å². The van der Waals surface area contributed by atoms with E-state index in [0.717, 1.165) is 38.9 Å². The first-order chi connectivity index (χ1) is 12.0. The van der Waals surface area contributed by atoms with Gasteiger partial charge in [-0.25, -0.2) is 4.98 Å². The molecule has 126 valence electrons. The number of rotatable bonds is 3. The zero-order valence-electron chi connectivity index (χ0n) is 13.9.